The molecule has 1 unspecified atom stereocenters. The quantitative estimate of drug-likeness (QED) is 0.841. The fourth-order valence-corrected chi connectivity index (χ4v) is 4.84. The molecule has 1 aliphatic rings. The van der Waals surface area contributed by atoms with Crippen molar-refractivity contribution >= 4 is 22.7 Å². The van der Waals surface area contributed by atoms with Gasteiger partial charge in [0, 0.05) is 32.1 Å². The van der Waals surface area contributed by atoms with Gasteiger partial charge in [-0.25, -0.2) is 0 Å². The highest BCUT2D eigenvalue weighted by Gasteiger charge is 2.15. The highest BCUT2D eigenvalue weighted by Crippen LogP contribution is 2.31. The number of rotatable bonds is 5. The molecule has 0 fully saturated rings. The van der Waals surface area contributed by atoms with Crippen LogP contribution in [0.3, 0.4) is 0 Å². The third-order valence-electron chi connectivity index (χ3n) is 3.84. The summed E-state index contributed by atoms with van der Waals surface area (Å²) in [7, 11) is 0. The summed E-state index contributed by atoms with van der Waals surface area (Å²) in [6.07, 6.45) is 5.11. The van der Waals surface area contributed by atoms with Gasteiger partial charge in [-0.2, -0.15) is 0 Å². The normalized spacial score (nSPS) is 15.7. The SMILES string of the molecule is CCc1ccc(C(C)NCc2cc3c(s2)CCC3)s1. The highest BCUT2D eigenvalue weighted by molar-refractivity contribution is 7.12. The van der Waals surface area contributed by atoms with E-state index >= 15 is 0 Å². The van der Waals surface area contributed by atoms with Gasteiger partial charge in [0.15, 0.2) is 0 Å². The van der Waals surface area contributed by atoms with Crippen molar-refractivity contribution in [3.63, 3.8) is 0 Å². The first-order valence-electron chi connectivity index (χ1n) is 7.18. The predicted molar refractivity (Wildman–Crippen MR) is 85.3 cm³/mol. The Morgan fingerprint density at radius 3 is 2.84 bits per heavy atom. The Morgan fingerprint density at radius 1 is 1.21 bits per heavy atom. The summed E-state index contributed by atoms with van der Waals surface area (Å²) in [6, 6.07) is 7.41. The van der Waals surface area contributed by atoms with Crippen molar-refractivity contribution in [3.05, 3.63) is 43.3 Å². The molecule has 1 aliphatic carbocycles. The molecule has 2 heterocycles. The van der Waals surface area contributed by atoms with Crippen LogP contribution in [0.1, 0.15) is 51.4 Å². The Bertz CT molecular complexity index is 531. The Kier molecular flexibility index (Phi) is 4.06. The summed E-state index contributed by atoms with van der Waals surface area (Å²) < 4.78 is 0. The first-order chi connectivity index (χ1) is 9.26. The van der Waals surface area contributed by atoms with E-state index < -0.39 is 0 Å². The molecule has 0 aliphatic heterocycles. The average molecular weight is 291 g/mol. The summed E-state index contributed by atoms with van der Waals surface area (Å²) >= 11 is 3.95. The molecule has 0 spiro atoms. The summed E-state index contributed by atoms with van der Waals surface area (Å²) in [6.45, 7) is 5.51. The molecular weight excluding hydrogens is 270 g/mol. The van der Waals surface area contributed by atoms with Crippen LogP contribution in [0.15, 0.2) is 18.2 Å². The first kappa shape index (κ1) is 13.3. The molecule has 0 bridgehead atoms. The Labute approximate surface area is 123 Å². The maximum atomic E-state index is 3.66. The molecule has 0 amide bonds. The van der Waals surface area contributed by atoms with E-state index in [2.05, 4.69) is 37.4 Å². The Morgan fingerprint density at radius 2 is 2.11 bits per heavy atom. The minimum Gasteiger partial charge on any atom is -0.305 e. The molecule has 3 rings (SSSR count). The van der Waals surface area contributed by atoms with E-state index in [1.165, 1.54) is 33.9 Å². The van der Waals surface area contributed by atoms with Gasteiger partial charge in [-0.05, 0) is 56.4 Å². The van der Waals surface area contributed by atoms with Crippen molar-refractivity contribution in [2.24, 2.45) is 0 Å². The van der Waals surface area contributed by atoms with Crippen molar-refractivity contribution in [1.82, 2.24) is 5.32 Å². The third kappa shape index (κ3) is 2.93. The zero-order valence-corrected chi connectivity index (χ0v) is 13.3. The second-order valence-corrected chi connectivity index (χ2v) is 7.70. The number of fused-ring (bicyclic) bond motifs is 1. The van der Waals surface area contributed by atoms with E-state index in [1.807, 2.05) is 22.7 Å². The molecule has 1 N–H and O–H groups in total. The van der Waals surface area contributed by atoms with E-state index in [4.69, 9.17) is 0 Å². The first-order valence-corrected chi connectivity index (χ1v) is 8.82. The molecule has 0 saturated heterocycles. The van der Waals surface area contributed by atoms with Crippen molar-refractivity contribution in [3.8, 4) is 0 Å². The lowest BCUT2D eigenvalue weighted by Gasteiger charge is -2.11. The number of nitrogens with one attached hydrogen (secondary N) is 1. The minimum absolute atomic E-state index is 0.460. The molecule has 2 aromatic rings. The Hall–Kier alpha value is -0.640. The molecule has 19 heavy (non-hydrogen) atoms. The molecule has 3 heteroatoms. The fraction of sp³-hybridized carbons (Fsp3) is 0.500. The van der Waals surface area contributed by atoms with Crippen LogP contribution in [-0.4, -0.2) is 0 Å². The smallest absolute Gasteiger partial charge is 0.0389 e. The topological polar surface area (TPSA) is 12.0 Å². The van der Waals surface area contributed by atoms with Crippen LogP contribution < -0.4 is 5.32 Å². The molecule has 102 valence electrons. The summed E-state index contributed by atoms with van der Waals surface area (Å²) in [5, 5.41) is 3.66. The van der Waals surface area contributed by atoms with Gasteiger partial charge >= 0.3 is 0 Å². The third-order valence-corrected chi connectivity index (χ3v) is 6.49. The van der Waals surface area contributed by atoms with Crippen LogP contribution in [0.4, 0.5) is 0 Å². The number of aryl methyl sites for hydroxylation is 3. The molecular formula is C16H21NS2. The molecule has 0 saturated carbocycles. The van der Waals surface area contributed by atoms with Crippen molar-refractivity contribution in [1.29, 1.82) is 0 Å². The van der Waals surface area contributed by atoms with E-state index in [9.17, 15) is 0 Å². The van der Waals surface area contributed by atoms with E-state index in [0.29, 0.717) is 6.04 Å². The van der Waals surface area contributed by atoms with Gasteiger partial charge < -0.3 is 5.32 Å². The molecule has 1 nitrogen and oxygen atoms in total. The fourth-order valence-electron chi connectivity index (χ4n) is 2.65. The predicted octanol–water partition coefficient (Wildman–Crippen LogP) is 4.71. The zero-order chi connectivity index (χ0) is 13.2. The van der Waals surface area contributed by atoms with E-state index in [-0.39, 0.29) is 0 Å². The minimum atomic E-state index is 0.460. The van der Waals surface area contributed by atoms with Gasteiger partial charge in [0.05, 0.1) is 0 Å². The van der Waals surface area contributed by atoms with Crippen molar-refractivity contribution < 1.29 is 0 Å². The lowest BCUT2D eigenvalue weighted by Crippen LogP contribution is -2.16. The van der Waals surface area contributed by atoms with Crippen molar-refractivity contribution in [2.75, 3.05) is 0 Å². The highest BCUT2D eigenvalue weighted by atomic mass is 32.1. The van der Waals surface area contributed by atoms with E-state index in [0.717, 1.165) is 13.0 Å². The molecule has 0 radical (unpaired) electrons. The maximum absolute atomic E-state index is 3.66. The van der Waals surface area contributed by atoms with Gasteiger partial charge in [-0.1, -0.05) is 6.92 Å². The van der Waals surface area contributed by atoms with Crippen LogP contribution in [0.2, 0.25) is 0 Å². The standard InChI is InChI=1S/C16H21NS2/c1-3-13-7-8-15(18-13)11(2)17-10-14-9-12-5-4-6-16(12)19-14/h7-9,11,17H,3-6,10H2,1-2H3. The van der Waals surface area contributed by atoms with Crippen LogP contribution in [0, 0.1) is 0 Å². The largest absolute Gasteiger partial charge is 0.305 e. The molecule has 1 atom stereocenters. The number of thiophene rings is 2. The summed E-state index contributed by atoms with van der Waals surface area (Å²) in [5.74, 6) is 0. The second-order valence-electron chi connectivity index (χ2n) is 5.27. The van der Waals surface area contributed by atoms with Crippen LogP contribution in [-0.2, 0) is 25.8 Å². The van der Waals surface area contributed by atoms with Crippen LogP contribution >= 0.6 is 22.7 Å². The van der Waals surface area contributed by atoms with Crippen LogP contribution in [0.5, 0.6) is 0 Å². The lowest BCUT2D eigenvalue weighted by atomic mass is 10.2. The van der Waals surface area contributed by atoms with Crippen LogP contribution in [0.25, 0.3) is 0 Å². The van der Waals surface area contributed by atoms with Crippen molar-refractivity contribution in [2.45, 2.75) is 52.1 Å². The van der Waals surface area contributed by atoms with Gasteiger partial charge in [0.25, 0.3) is 0 Å². The average Bonchev–Trinajstić information content (AvgIpc) is 3.10. The lowest BCUT2D eigenvalue weighted by molar-refractivity contribution is 0.587. The zero-order valence-electron chi connectivity index (χ0n) is 11.7. The maximum Gasteiger partial charge on any atom is 0.0389 e. The number of hydrogen-bond acceptors (Lipinski definition) is 3. The van der Waals surface area contributed by atoms with Gasteiger partial charge in [0.2, 0.25) is 0 Å². The summed E-state index contributed by atoms with van der Waals surface area (Å²) in [5.41, 5.74) is 1.61. The Balaban J connectivity index is 1.58. The van der Waals surface area contributed by atoms with E-state index in [1.54, 1.807) is 10.4 Å². The molecule has 0 aromatic carbocycles. The monoisotopic (exact) mass is 291 g/mol. The summed E-state index contributed by atoms with van der Waals surface area (Å²) in [4.78, 5) is 6.08. The number of hydrogen-bond donors (Lipinski definition) is 1. The van der Waals surface area contributed by atoms with Gasteiger partial charge in [-0.15, -0.1) is 22.7 Å². The second kappa shape index (κ2) is 5.78. The van der Waals surface area contributed by atoms with Gasteiger partial charge in [0.1, 0.15) is 0 Å². The molecule has 2 aromatic heterocycles. The van der Waals surface area contributed by atoms with Gasteiger partial charge in [-0.3, -0.25) is 0 Å².